The molecule has 2 aromatic rings. The monoisotopic (exact) mass is 396 g/mol. The first-order valence-electron chi connectivity index (χ1n) is 9.72. The van der Waals surface area contributed by atoms with Gasteiger partial charge in [-0.2, -0.15) is 0 Å². The highest BCUT2D eigenvalue weighted by Gasteiger charge is 2.36. The van der Waals surface area contributed by atoms with E-state index >= 15 is 0 Å². The van der Waals surface area contributed by atoms with Gasteiger partial charge in [-0.05, 0) is 18.2 Å². The number of para-hydroxylation sites is 3. The summed E-state index contributed by atoms with van der Waals surface area (Å²) >= 11 is 0. The van der Waals surface area contributed by atoms with Gasteiger partial charge in [0.15, 0.2) is 6.10 Å². The molecule has 2 amide bonds. The van der Waals surface area contributed by atoms with Crippen LogP contribution in [0.15, 0.2) is 48.5 Å². The second-order valence-corrected chi connectivity index (χ2v) is 7.00. The van der Waals surface area contributed by atoms with Crippen LogP contribution in [0.3, 0.4) is 0 Å². The normalized spacial score (nSPS) is 18.6. The highest BCUT2D eigenvalue weighted by atomic mass is 16.5. The second-order valence-electron chi connectivity index (χ2n) is 7.00. The van der Waals surface area contributed by atoms with Crippen molar-refractivity contribution in [1.29, 1.82) is 0 Å². The quantitative estimate of drug-likeness (QED) is 0.790. The van der Waals surface area contributed by atoms with E-state index in [1.165, 1.54) is 0 Å². The SMILES string of the molecule is COc1ccccc1CC(=O)N1CC(C(=O)N2CCOCC2)Oc2ccccc21. The van der Waals surface area contributed by atoms with E-state index in [2.05, 4.69) is 0 Å². The fourth-order valence-corrected chi connectivity index (χ4v) is 3.69. The van der Waals surface area contributed by atoms with Gasteiger partial charge in [-0.3, -0.25) is 9.59 Å². The molecule has 0 saturated carbocycles. The van der Waals surface area contributed by atoms with E-state index in [1.807, 2.05) is 42.5 Å². The smallest absolute Gasteiger partial charge is 0.265 e. The Kier molecular flexibility index (Phi) is 5.67. The van der Waals surface area contributed by atoms with E-state index in [4.69, 9.17) is 14.2 Å². The average Bonchev–Trinajstić information content (AvgIpc) is 2.78. The van der Waals surface area contributed by atoms with E-state index in [9.17, 15) is 9.59 Å². The minimum atomic E-state index is -0.732. The zero-order valence-electron chi connectivity index (χ0n) is 16.4. The molecule has 1 saturated heterocycles. The van der Waals surface area contributed by atoms with Gasteiger partial charge < -0.3 is 24.0 Å². The first-order valence-corrected chi connectivity index (χ1v) is 9.72. The Bertz CT molecular complexity index is 894. The Morgan fingerprint density at radius 2 is 1.79 bits per heavy atom. The molecule has 0 aliphatic carbocycles. The fraction of sp³-hybridized carbons (Fsp3) is 0.364. The Morgan fingerprint density at radius 1 is 1.07 bits per heavy atom. The van der Waals surface area contributed by atoms with Crippen LogP contribution in [-0.4, -0.2) is 62.8 Å². The number of benzene rings is 2. The van der Waals surface area contributed by atoms with Gasteiger partial charge in [0, 0.05) is 18.7 Å². The summed E-state index contributed by atoms with van der Waals surface area (Å²) in [7, 11) is 1.59. The number of carbonyl (C=O) groups excluding carboxylic acids is 2. The van der Waals surface area contributed by atoms with Crippen LogP contribution in [0.25, 0.3) is 0 Å². The zero-order chi connectivity index (χ0) is 20.2. The molecule has 2 aliphatic heterocycles. The molecule has 0 N–H and O–H groups in total. The van der Waals surface area contributed by atoms with Crippen molar-refractivity contribution in [3.8, 4) is 11.5 Å². The summed E-state index contributed by atoms with van der Waals surface area (Å²) in [5.74, 6) is 0.991. The van der Waals surface area contributed by atoms with Crippen molar-refractivity contribution >= 4 is 17.5 Å². The third-order valence-electron chi connectivity index (χ3n) is 5.21. The first-order chi connectivity index (χ1) is 14.2. The van der Waals surface area contributed by atoms with E-state index in [0.29, 0.717) is 43.5 Å². The highest BCUT2D eigenvalue weighted by Crippen LogP contribution is 2.34. The van der Waals surface area contributed by atoms with Crippen molar-refractivity contribution in [2.75, 3.05) is 44.9 Å². The number of nitrogens with zero attached hydrogens (tertiary/aromatic N) is 2. The summed E-state index contributed by atoms with van der Waals surface area (Å²) in [5, 5.41) is 0. The molecule has 1 unspecified atom stereocenters. The van der Waals surface area contributed by atoms with Crippen molar-refractivity contribution < 1.29 is 23.8 Å². The molecule has 29 heavy (non-hydrogen) atoms. The molecule has 2 aromatic carbocycles. The predicted molar refractivity (Wildman–Crippen MR) is 107 cm³/mol. The van der Waals surface area contributed by atoms with Crippen molar-refractivity contribution in [2.45, 2.75) is 12.5 Å². The Hall–Kier alpha value is -3.06. The lowest BCUT2D eigenvalue weighted by Crippen LogP contribution is -2.54. The second kappa shape index (κ2) is 8.53. The van der Waals surface area contributed by atoms with Crippen molar-refractivity contribution in [3.05, 3.63) is 54.1 Å². The molecule has 0 radical (unpaired) electrons. The molecule has 0 aromatic heterocycles. The third kappa shape index (κ3) is 4.05. The molecule has 1 atom stereocenters. The number of ether oxygens (including phenoxy) is 3. The minimum Gasteiger partial charge on any atom is -0.496 e. The number of rotatable bonds is 4. The van der Waals surface area contributed by atoms with Gasteiger partial charge in [0.05, 0.1) is 39.0 Å². The van der Waals surface area contributed by atoms with E-state index in [1.54, 1.807) is 23.0 Å². The zero-order valence-corrected chi connectivity index (χ0v) is 16.4. The number of morpholine rings is 1. The van der Waals surface area contributed by atoms with Crippen LogP contribution >= 0.6 is 0 Å². The summed E-state index contributed by atoms with van der Waals surface area (Å²) < 4.78 is 16.7. The lowest BCUT2D eigenvalue weighted by Gasteiger charge is -2.37. The molecule has 0 bridgehead atoms. The van der Waals surface area contributed by atoms with Crippen molar-refractivity contribution in [1.82, 2.24) is 4.90 Å². The number of methoxy groups -OCH3 is 1. The van der Waals surface area contributed by atoms with E-state index in [0.717, 1.165) is 5.56 Å². The predicted octanol–water partition coefficient (Wildman–Crippen LogP) is 1.89. The molecule has 7 nitrogen and oxygen atoms in total. The maximum atomic E-state index is 13.2. The Balaban J connectivity index is 1.57. The van der Waals surface area contributed by atoms with E-state index < -0.39 is 6.10 Å². The van der Waals surface area contributed by atoms with Crippen molar-refractivity contribution in [2.24, 2.45) is 0 Å². The van der Waals surface area contributed by atoms with Crippen LogP contribution in [0.5, 0.6) is 11.5 Å². The standard InChI is InChI=1S/C22H24N2O5/c1-27-18-8-4-2-6-16(18)14-21(25)24-15-20(22(26)23-10-12-28-13-11-23)29-19-9-5-3-7-17(19)24/h2-9,20H,10-15H2,1H3. The summed E-state index contributed by atoms with van der Waals surface area (Å²) in [6.07, 6.45) is -0.554. The lowest BCUT2D eigenvalue weighted by molar-refractivity contribution is -0.142. The largest absolute Gasteiger partial charge is 0.496 e. The Labute approximate surface area is 169 Å². The number of amides is 2. The number of fused-ring (bicyclic) bond motifs is 1. The molecule has 7 heteroatoms. The van der Waals surface area contributed by atoms with Crippen LogP contribution in [0.2, 0.25) is 0 Å². The maximum Gasteiger partial charge on any atom is 0.265 e. The minimum absolute atomic E-state index is 0.106. The first kappa shape index (κ1) is 19.3. The van der Waals surface area contributed by atoms with Crippen LogP contribution in [0, 0.1) is 0 Å². The number of carbonyl (C=O) groups is 2. The third-order valence-corrected chi connectivity index (χ3v) is 5.21. The summed E-state index contributed by atoms with van der Waals surface area (Å²) in [6.45, 7) is 2.29. The Morgan fingerprint density at radius 3 is 2.59 bits per heavy atom. The average molecular weight is 396 g/mol. The van der Waals surface area contributed by atoms with Crippen LogP contribution in [0.4, 0.5) is 5.69 Å². The van der Waals surface area contributed by atoms with E-state index in [-0.39, 0.29) is 24.8 Å². The van der Waals surface area contributed by atoms with Gasteiger partial charge in [0.25, 0.3) is 5.91 Å². The van der Waals surface area contributed by atoms with Crippen LogP contribution in [0.1, 0.15) is 5.56 Å². The fourth-order valence-electron chi connectivity index (χ4n) is 3.69. The maximum absolute atomic E-state index is 13.2. The van der Waals surface area contributed by atoms with Gasteiger partial charge in [-0.15, -0.1) is 0 Å². The molecule has 0 spiro atoms. The van der Waals surface area contributed by atoms with Gasteiger partial charge in [0.1, 0.15) is 11.5 Å². The molecule has 2 heterocycles. The van der Waals surface area contributed by atoms with Gasteiger partial charge in [-0.1, -0.05) is 30.3 Å². The topological polar surface area (TPSA) is 68.3 Å². The summed E-state index contributed by atoms with van der Waals surface area (Å²) in [6, 6.07) is 14.8. The molecule has 1 fully saturated rings. The molecular weight excluding hydrogens is 372 g/mol. The van der Waals surface area contributed by atoms with Crippen LogP contribution in [-0.2, 0) is 20.7 Å². The number of hydrogen-bond acceptors (Lipinski definition) is 5. The lowest BCUT2D eigenvalue weighted by atomic mass is 10.1. The summed E-state index contributed by atoms with van der Waals surface area (Å²) in [4.78, 5) is 29.6. The summed E-state index contributed by atoms with van der Waals surface area (Å²) in [5.41, 5.74) is 1.48. The van der Waals surface area contributed by atoms with Crippen molar-refractivity contribution in [3.63, 3.8) is 0 Å². The highest BCUT2D eigenvalue weighted by molar-refractivity contribution is 5.98. The molecule has 2 aliphatic rings. The van der Waals surface area contributed by atoms with Gasteiger partial charge in [-0.25, -0.2) is 0 Å². The molecular formula is C22H24N2O5. The molecule has 152 valence electrons. The molecule has 4 rings (SSSR count). The number of hydrogen-bond donors (Lipinski definition) is 0. The van der Waals surface area contributed by atoms with Crippen LogP contribution < -0.4 is 14.4 Å². The van der Waals surface area contributed by atoms with Gasteiger partial charge >= 0.3 is 0 Å². The van der Waals surface area contributed by atoms with Gasteiger partial charge in [0.2, 0.25) is 5.91 Å². The number of anilines is 1.